The van der Waals surface area contributed by atoms with Crippen LogP contribution in [0.4, 0.5) is 0 Å². The lowest BCUT2D eigenvalue weighted by Crippen LogP contribution is -2.44. The lowest BCUT2D eigenvalue weighted by atomic mass is 10.0. The van der Waals surface area contributed by atoms with Crippen molar-refractivity contribution >= 4 is 17.5 Å². The van der Waals surface area contributed by atoms with Crippen molar-refractivity contribution < 1.29 is 9.53 Å². The van der Waals surface area contributed by atoms with E-state index in [2.05, 4.69) is 10.6 Å². The van der Waals surface area contributed by atoms with Crippen molar-refractivity contribution in [3.05, 3.63) is 34.9 Å². The van der Waals surface area contributed by atoms with Crippen molar-refractivity contribution in [3.8, 4) is 0 Å². The zero-order valence-corrected chi connectivity index (χ0v) is 12.6. The standard InChI is InChI=1S/C15H21ClN2O2/c1-3-17-14-9-20-8-12(14)15(19)18-10(2)11-6-4-5-7-13(11)16/h4-7,10,12,14,17H,3,8-9H2,1-2H3,(H,18,19)/t10-,12?,14?/m1/s1. The first kappa shape index (κ1) is 15.3. The Balaban J connectivity index is 1.99. The van der Waals surface area contributed by atoms with Gasteiger partial charge in [-0.25, -0.2) is 0 Å². The minimum Gasteiger partial charge on any atom is -0.379 e. The molecule has 110 valence electrons. The van der Waals surface area contributed by atoms with Gasteiger partial charge in [0.1, 0.15) is 0 Å². The van der Waals surface area contributed by atoms with E-state index < -0.39 is 0 Å². The zero-order valence-electron chi connectivity index (χ0n) is 11.9. The molecule has 3 atom stereocenters. The second kappa shape index (κ2) is 7.07. The summed E-state index contributed by atoms with van der Waals surface area (Å²) in [6, 6.07) is 7.55. The normalized spacial score (nSPS) is 23.6. The summed E-state index contributed by atoms with van der Waals surface area (Å²) in [5, 5.41) is 6.98. The maximum atomic E-state index is 12.4. The van der Waals surface area contributed by atoms with Crippen molar-refractivity contribution in [2.45, 2.75) is 25.9 Å². The molecule has 0 radical (unpaired) electrons. The average molecular weight is 297 g/mol. The molecule has 1 heterocycles. The Kier molecular flexibility index (Phi) is 5.40. The highest BCUT2D eigenvalue weighted by Gasteiger charge is 2.34. The molecule has 0 saturated carbocycles. The van der Waals surface area contributed by atoms with E-state index in [0.717, 1.165) is 12.1 Å². The Morgan fingerprint density at radius 3 is 2.90 bits per heavy atom. The molecule has 0 aliphatic carbocycles. The third-order valence-electron chi connectivity index (χ3n) is 3.61. The highest BCUT2D eigenvalue weighted by Crippen LogP contribution is 2.23. The summed E-state index contributed by atoms with van der Waals surface area (Å²) in [6.45, 7) is 5.86. The monoisotopic (exact) mass is 296 g/mol. The van der Waals surface area contributed by atoms with Gasteiger partial charge in [-0.1, -0.05) is 36.7 Å². The third-order valence-corrected chi connectivity index (χ3v) is 3.96. The van der Waals surface area contributed by atoms with Gasteiger partial charge in [0.15, 0.2) is 0 Å². The second-order valence-corrected chi connectivity index (χ2v) is 5.47. The van der Waals surface area contributed by atoms with Gasteiger partial charge in [0.05, 0.1) is 25.2 Å². The molecule has 2 N–H and O–H groups in total. The molecule has 1 aromatic rings. The van der Waals surface area contributed by atoms with Crippen LogP contribution in [0.5, 0.6) is 0 Å². The van der Waals surface area contributed by atoms with Crippen LogP contribution in [0.25, 0.3) is 0 Å². The number of rotatable bonds is 5. The van der Waals surface area contributed by atoms with Crippen LogP contribution in [0.15, 0.2) is 24.3 Å². The topological polar surface area (TPSA) is 50.4 Å². The van der Waals surface area contributed by atoms with Crippen molar-refractivity contribution in [3.63, 3.8) is 0 Å². The van der Waals surface area contributed by atoms with Crippen molar-refractivity contribution in [2.75, 3.05) is 19.8 Å². The van der Waals surface area contributed by atoms with E-state index in [9.17, 15) is 4.79 Å². The first-order valence-electron chi connectivity index (χ1n) is 6.99. The summed E-state index contributed by atoms with van der Waals surface area (Å²) in [4.78, 5) is 12.4. The van der Waals surface area contributed by atoms with E-state index in [4.69, 9.17) is 16.3 Å². The predicted octanol–water partition coefficient (Wildman–Crippen LogP) is 2.14. The highest BCUT2D eigenvalue weighted by molar-refractivity contribution is 6.31. The quantitative estimate of drug-likeness (QED) is 0.875. The zero-order chi connectivity index (χ0) is 14.5. The molecular weight excluding hydrogens is 276 g/mol. The predicted molar refractivity (Wildman–Crippen MR) is 79.8 cm³/mol. The highest BCUT2D eigenvalue weighted by atomic mass is 35.5. The fraction of sp³-hybridized carbons (Fsp3) is 0.533. The number of hydrogen-bond donors (Lipinski definition) is 2. The number of amides is 1. The SMILES string of the molecule is CCNC1COCC1C(=O)N[C@H](C)c1ccccc1Cl. The maximum Gasteiger partial charge on any atom is 0.227 e. The molecule has 4 nitrogen and oxygen atoms in total. The molecule has 0 spiro atoms. The van der Waals surface area contributed by atoms with E-state index in [1.807, 2.05) is 38.1 Å². The van der Waals surface area contributed by atoms with E-state index in [1.54, 1.807) is 0 Å². The van der Waals surface area contributed by atoms with Gasteiger partial charge in [0, 0.05) is 11.1 Å². The largest absolute Gasteiger partial charge is 0.379 e. The van der Waals surface area contributed by atoms with Crippen LogP contribution < -0.4 is 10.6 Å². The Labute approximate surface area is 124 Å². The van der Waals surface area contributed by atoms with Gasteiger partial charge in [-0.3, -0.25) is 4.79 Å². The molecule has 0 bridgehead atoms. The summed E-state index contributed by atoms with van der Waals surface area (Å²) in [6.07, 6.45) is 0. The minimum atomic E-state index is -0.139. The summed E-state index contributed by atoms with van der Waals surface area (Å²) in [5.74, 6) is -0.124. The fourth-order valence-electron chi connectivity index (χ4n) is 2.50. The average Bonchev–Trinajstić information content (AvgIpc) is 2.88. The van der Waals surface area contributed by atoms with Gasteiger partial charge in [-0.2, -0.15) is 0 Å². The van der Waals surface area contributed by atoms with Gasteiger partial charge in [0.25, 0.3) is 0 Å². The Morgan fingerprint density at radius 1 is 1.45 bits per heavy atom. The van der Waals surface area contributed by atoms with Gasteiger partial charge in [0.2, 0.25) is 5.91 Å². The number of halogens is 1. The molecule has 1 aliphatic rings. The molecule has 2 unspecified atom stereocenters. The smallest absolute Gasteiger partial charge is 0.227 e. The molecule has 0 aromatic heterocycles. The minimum absolute atomic E-state index is 0.0147. The molecule has 1 aromatic carbocycles. The number of carbonyl (C=O) groups is 1. The van der Waals surface area contributed by atoms with E-state index in [1.165, 1.54) is 0 Å². The maximum absolute atomic E-state index is 12.4. The molecule has 1 saturated heterocycles. The first-order chi connectivity index (χ1) is 9.63. The van der Waals surface area contributed by atoms with Crippen molar-refractivity contribution in [1.82, 2.24) is 10.6 Å². The van der Waals surface area contributed by atoms with Crippen LogP contribution in [0.2, 0.25) is 5.02 Å². The van der Waals surface area contributed by atoms with E-state index >= 15 is 0 Å². The Bertz CT molecular complexity index is 467. The Morgan fingerprint density at radius 2 is 2.20 bits per heavy atom. The van der Waals surface area contributed by atoms with E-state index in [0.29, 0.717) is 18.2 Å². The number of ether oxygens (including phenoxy) is 1. The van der Waals surface area contributed by atoms with Crippen LogP contribution in [-0.4, -0.2) is 31.7 Å². The van der Waals surface area contributed by atoms with Crippen LogP contribution in [0, 0.1) is 5.92 Å². The summed E-state index contributed by atoms with van der Waals surface area (Å²) < 4.78 is 5.41. The third kappa shape index (κ3) is 3.51. The molecular formula is C15H21ClN2O2. The van der Waals surface area contributed by atoms with Crippen molar-refractivity contribution in [2.24, 2.45) is 5.92 Å². The number of nitrogens with one attached hydrogen (secondary N) is 2. The molecule has 1 aliphatic heterocycles. The first-order valence-corrected chi connectivity index (χ1v) is 7.37. The lowest BCUT2D eigenvalue weighted by molar-refractivity contribution is -0.126. The summed E-state index contributed by atoms with van der Waals surface area (Å²) in [5.41, 5.74) is 0.932. The Hall–Kier alpha value is -1.10. The summed E-state index contributed by atoms with van der Waals surface area (Å²) >= 11 is 6.15. The van der Waals surface area contributed by atoms with Gasteiger partial charge >= 0.3 is 0 Å². The molecule has 1 fully saturated rings. The number of hydrogen-bond acceptors (Lipinski definition) is 3. The number of carbonyl (C=O) groups excluding carboxylic acids is 1. The molecule has 20 heavy (non-hydrogen) atoms. The second-order valence-electron chi connectivity index (χ2n) is 5.06. The number of likely N-dealkylation sites (N-methyl/N-ethyl adjacent to an activating group) is 1. The van der Waals surface area contributed by atoms with Crippen LogP contribution in [-0.2, 0) is 9.53 Å². The van der Waals surface area contributed by atoms with Crippen LogP contribution >= 0.6 is 11.6 Å². The van der Waals surface area contributed by atoms with Crippen molar-refractivity contribution in [1.29, 1.82) is 0 Å². The number of benzene rings is 1. The molecule has 5 heteroatoms. The molecule has 1 amide bonds. The fourth-order valence-corrected chi connectivity index (χ4v) is 2.80. The van der Waals surface area contributed by atoms with Crippen LogP contribution in [0.3, 0.4) is 0 Å². The van der Waals surface area contributed by atoms with Gasteiger partial charge in [-0.05, 0) is 25.1 Å². The van der Waals surface area contributed by atoms with Crippen LogP contribution in [0.1, 0.15) is 25.5 Å². The van der Waals surface area contributed by atoms with E-state index in [-0.39, 0.29) is 23.9 Å². The summed E-state index contributed by atoms with van der Waals surface area (Å²) in [7, 11) is 0. The van der Waals surface area contributed by atoms with Gasteiger partial charge in [-0.15, -0.1) is 0 Å². The lowest BCUT2D eigenvalue weighted by Gasteiger charge is -2.21. The molecule has 2 rings (SSSR count). The van der Waals surface area contributed by atoms with Gasteiger partial charge < -0.3 is 15.4 Å².